The van der Waals surface area contributed by atoms with Crippen molar-refractivity contribution in [1.82, 2.24) is 19.7 Å². The average molecular weight is 278 g/mol. The summed E-state index contributed by atoms with van der Waals surface area (Å²) in [7, 11) is 2.17. The molecule has 6 heteroatoms. The molecule has 0 amide bonds. The van der Waals surface area contributed by atoms with Gasteiger partial charge in [0.15, 0.2) is 5.82 Å². The lowest BCUT2D eigenvalue weighted by atomic mass is 9.98. The molecule has 20 heavy (non-hydrogen) atoms. The Morgan fingerprint density at radius 1 is 1.35 bits per heavy atom. The van der Waals surface area contributed by atoms with E-state index in [2.05, 4.69) is 22.0 Å². The van der Waals surface area contributed by atoms with Gasteiger partial charge in [0.25, 0.3) is 0 Å². The molecule has 3 rings (SSSR count). The number of carbonyl (C=O) groups is 1. The summed E-state index contributed by atoms with van der Waals surface area (Å²) in [6.07, 6.45) is 5.83. The maximum atomic E-state index is 11.1. The third-order valence-electron chi connectivity index (χ3n) is 4.60. The van der Waals surface area contributed by atoms with Gasteiger partial charge in [0.1, 0.15) is 5.82 Å². The molecule has 2 aliphatic heterocycles. The molecule has 1 aromatic heterocycles. The first kappa shape index (κ1) is 13.5. The maximum Gasteiger partial charge on any atom is 0.307 e. The number of piperidine rings is 1. The van der Waals surface area contributed by atoms with E-state index in [0.717, 1.165) is 24.6 Å². The van der Waals surface area contributed by atoms with Crippen LogP contribution in [0.2, 0.25) is 0 Å². The van der Waals surface area contributed by atoms with E-state index in [1.54, 1.807) is 0 Å². The smallest absolute Gasteiger partial charge is 0.307 e. The zero-order valence-electron chi connectivity index (χ0n) is 12.0. The average Bonchev–Trinajstić information content (AvgIpc) is 2.82. The van der Waals surface area contributed by atoms with Crippen molar-refractivity contribution in [3.8, 4) is 0 Å². The van der Waals surface area contributed by atoms with E-state index in [1.807, 2.05) is 4.68 Å². The number of aryl methyl sites for hydroxylation is 1. The molecule has 0 radical (unpaired) electrons. The fourth-order valence-corrected chi connectivity index (χ4v) is 3.27. The third-order valence-corrected chi connectivity index (χ3v) is 4.60. The van der Waals surface area contributed by atoms with E-state index in [-0.39, 0.29) is 5.92 Å². The summed E-state index contributed by atoms with van der Waals surface area (Å²) in [6, 6.07) is 0.531. The lowest BCUT2D eigenvalue weighted by molar-refractivity contribution is -0.142. The summed E-state index contributed by atoms with van der Waals surface area (Å²) in [4.78, 5) is 18.0. The minimum atomic E-state index is -0.715. The normalized spacial score (nSPS) is 27.2. The van der Waals surface area contributed by atoms with Crippen molar-refractivity contribution in [3.63, 3.8) is 0 Å². The van der Waals surface area contributed by atoms with Crippen molar-refractivity contribution in [1.29, 1.82) is 0 Å². The highest BCUT2D eigenvalue weighted by molar-refractivity contribution is 5.70. The van der Waals surface area contributed by atoms with Gasteiger partial charge in [0, 0.05) is 25.4 Å². The van der Waals surface area contributed by atoms with Crippen molar-refractivity contribution < 1.29 is 9.90 Å². The number of likely N-dealkylation sites (tertiary alicyclic amines) is 1. The van der Waals surface area contributed by atoms with Gasteiger partial charge in [-0.05, 0) is 32.9 Å². The molecule has 1 fully saturated rings. The highest BCUT2D eigenvalue weighted by Crippen LogP contribution is 2.21. The molecule has 0 aliphatic carbocycles. The first-order chi connectivity index (χ1) is 9.63. The first-order valence-corrected chi connectivity index (χ1v) is 7.49. The van der Waals surface area contributed by atoms with Gasteiger partial charge in [-0.1, -0.05) is 6.42 Å². The molecule has 1 saturated heterocycles. The summed E-state index contributed by atoms with van der Waals surface area (Å²) in [5.74, 6) is 0.714. The minimum Gasteiger partial charge on any atom is -0.481 e. The van der Waals surface area contributed by atoms with Gasteiger partial charge >= 0.3 is 5.97 Å². The second-order valence-corrected chi connectivity index (χ2v) is 6.03. The number of rotatable bonds is 3. The Bertz CT molecular complexity index is 499. The molecule has 6 nitrogen and oxygen atoms in total. The maximum absolute atomic E-state index is 11.1. The van der Waals surface area contributed by atoms with Gasteiger partial charge in [-0.25, -0.2) is 9.67 Å². The summed E-state index contributed by atoms with van der Waals surface area (Å²) in [5.41, 5.74) is 0. The minimum absolute atomic E-state index is 0.295. The molecule has 110 valence electrons. The summed E-state index contributed by atoms with van der Waals surface area (Å²) in [5, 5.41) is 13.7. The lowest BCUT2D eigenvalue weighted by Gasteiger charge is -2.31. The molecular weight excluding hydrogens is 256 g/mol. The summed E-state index contributed by atoms with van der Waals surface area (Å²) >= 11 is 0. The Morgan fingerprint density at radius 3 is 2.95 bits per heavy atom. The lowest BCUT2D eigenvalue weighted by Crippen LogP contribution is -2.37. The molecule has 3 heterocycles. The van der Waals surface area contributed by atoms with Gasteiger partial charge in [-0.3, -0.25) is 4.79 Å². The van der Waals surface area contributed by atoms with E-state index in [0.29, 0.717) is 25.4 Å². The van der Waals surface area contributed by atoms with Gasteiger partial charge in [0.2, 0.25) is 0 Å². The van der Waals surface area contributed by atoms with E-state index < -0.39 is 5.97 Å². The molecule has 1 aromatic rings. The fraction of sp³-hybridized carbons (Fsp3) is 0.786. The van der Waals surface area contributed by atoms with Crippen LogP contribution in [0.1, 0.15) is 37.3 Å². The SMILES string of the molecule is CN1CCCCC1Cc1nc2n(n1)CCC(C(=O)O)C2. The van der Waals surface area contributed by atoms with Crippen molar-refractivity contribution in [2.24, 2.45) is 5.92 Å². The fourth-order valence-electron chi connectivity index (χ4n) is 3.27. The standard InChI is InChI=1S/C14H22N4O2/c1-17-6-3-2-4-11(17)9-12-15-13-8-10(14(19)20)5-7-18(13)16-12/h10-11H,2-9H2,1H3,(H,19,20). The Hall–Kier alpha value is -1.43. The second-order valence-electron chi connectivity index (χ2n) is 6.03. The van der Waals surface area contributed by atoms with Crippen LogP contribution in [-0.4, -0.2) is 50.4 Å². The van der Waals surface area contributed by atoms with Crippen LogP contribution in [0.5, 0.6) is 0 Å². The highest BCUT2D eigenvalue weighted by Gasteiger charge is 2.28. The molecule has 0 bridgehead atoms. The molecule has 0 spiro atoms. The first-order valence-electron chi connectivity index (χ1n) is 7.49. The van der Waals surface area contributed by atoms with E-state index in [4.69, 9.17) is 5.11 Å². The third kappa shape index (κ3) is 2.70. The number of nitrogens with zero attached hydrogens (tertiary/aromatic N) is 4. The van der Waals surface area contributed by atoms with Crippen LogP contribution in [0.4, 0.5) is 0 Å². The van der Waals surface area contributed by atoms with Crippen LogP contribution in [0.15, 0.2) is 0 Å². The van der Waals surface area contributed by atoms with Crippen molar-refractivity contribution in [3.05, 3.63) is 11.6 Å². The number of likely N-dealkylation sites (N-methyl/N-ethyl adjacent to an activating group) is 1. The Morgan fingerprint density at radius 2 is 2.20 bits per heavy atom. The van der Waals surface area contributed by atoms with Crippen LogP contribution >= 0.6 is 0 Å². The Kier molecular flexibility index (Phi) is 3.74. The summed E-state index contributed by atoms with van der Waals surface area (Å²) < 4.78 is 1.90. The number of carboxylic acid groups (broad SMARTS) is 1. The topological polar surface area (TPSA) is 71.2 Å². The zero-order valence-corrected chi connectivity index (χ0v) is 12.0. The molecule has 2 atom stereocenters. The quantitative estimate of drug-likeness (QED) is 0.891. The van der Waals surface area contributed by atoms with Crippen LogP contribution in [-0.2, 0) is 24.2 Å². The number of carboxylic acids is 1. The molecule has 0 saturated carbocycles. The van der Waals surface area contributed by atoms with Gasteiger partial charge < -0.3 is 10.0 Å². The van der Waals surface area contributed by atoms with Gasteiger partial charge in [-0.15, -0.1) is 0 Å². The van der Waals surface area contributed by atoms with Gasteiger partial charge in [-0.2, -0.15) is 5.10 Å². The van der Waals surface area contributed by atoms with Crippen LogP contribution < -0.4 is 0 Å². The summed E-state index contributed by atoms with van der Waals surface area (Å²) in [6.45, 7) is 1.83. The predicted molar refractivity (Wildman–Crippen MR) is 73.4 cm³/mol. The number of hydrogen-bond acceptors (Lipinski definition) is 4. The van der Waals surface area contributed by atoms with Crippen molar-refractivity contribution in [2.45, 2.75) is 51.1 Å². The van der Waals surface area contributed by atoms with Gasteiger partial charge in [0.05, 0.1) is 5.92 Å². The van der Waals surface area contributed by atoms with Crippen molar-refractivity contribution in [2.75, 3.05) is 13.6 Å². The van der Waals surface area contributed by atoms with Crippen LogP contribution in [0, 0.1) is 5.92 Å². The largest absolute Gasteiger partial charge is 0.481 e. The monoisotopic (exact) mass is 278 g/mol. The molecule has 1 N–H and O–H groups in total. The number of aliphatic carboxylic acids is 1. The second kappa shape index (κ2) is 5.52. The Balaban J connectivity index is 1.69. The van der Waals surface area contributed by atoms with E-state index in [9.17, 15) is 4.79 Å². The molecule has 0 aromatic carbocycles. The molecule has 2 aliphatic rings. The van der Waals surface area contributed by atoms with Crippen LogP contribution in [0.25, 0.3) is 0 Å². The van der Waals surface area contributed by atoms with E-state index in [1.165, 1.54) is 19.3 Å². The predicted octanol–water partition coefficient (Wildman–Crippen LogP) is 0.952. The van der Waals surface area contributed by atoms with Crippen LogP contribution in [0.3, 0.4) is 0 Å². The number of aromatic nitrogens is 3. The zero-order chi connectivity index (χ0) is 14.1. The van der Waals surface area contributed by atoms with Crippen molar-refractivity contribution >= 4 is 5.97 Å². The Labute approximate surface area is 118 Å². The molecule has 2 unspecified atom stereocenters. The molecular formula is C14H22N4O2. The highest BCUT2D eigenvalue weighted by atomic mass is 16.4. The number of fused-ring (bicyclic) bond motifs is 1. The van der Waals surface area contributed by atoms with E-state index >= 15 is 0 Å². The number of hydrogen-bond donors (Lipinski definition) is 1.